The molecule has 2 aromatic heterocycles. The summed E-state index contributed by atoms with van der Waals surface area (Å²) in [6.45, 7) is 10.2. The van der Waals surface area contributed by atoms with Gasteiger partial charge in [0.25, 0.3) is 5.91 Å². The molecule has 0 unspecified atom stereocenters. The molecule has 0 fully saturated rings. The van der Waals surface area contributed by atoms with Crippen molar-refractivity contribution in [2.45, 2.75) is 46.1 Å². The third-order valence-electron chi connectivity index (χ3n) is 7.39. The summed E-state index contributed by atoms with van der Waals surface area (Å²) < 4.78 is 26.7. The van der Waals surface area contributed by atoms with Crippen LogP contribution in [-0.2, 0) is 24.3 Å². The van der Waals surface area contributed by atoms with E-state index in [2.05, 4.69) is 31.4 Å². The largest absolute Gasteiger partial charge is 0.482 e. The summed E-state index contributed by atoms with van der Waals surface area (Å²) in [4.78, 5) is 29.6. The summed E-state index contributed by atoms with van der Waals surface area (Å²) in [5.41, 5.74) is 5.47. The molecule has 0 saturated carbocycles. The van der Waals surface area contributed by atoms with Crippen LogP contribution in [0.1, 0.15) is 40.4 Å². The average molecular weight is 557 g/mol. The molecule has 3 heterocycles. The van der Waals surface area contributed by atoms with Gasteiger partial charge in [0.1, 0.15) is 17.4 Å². The highest BCUT2D eigenvalue weighted by Crippen LogP contribution is 2.38. The second kappa shape index (κ2) is 9.22. The molecular weight excluding hydrogens is 523 g/mol. The molecule has 3 aromatic carbocycles. The molecule has 0 aliphatic carbocycles. The van der Waals surface area contributed by atoms with Crippen LogP contribution in [0.2, 0.25) is 0 Å². The molecular formula is C31H33FN6O3. The number of hydrogen-bond donors (Lipinski definition) is 2. The van der Waals surface area contributed by atoms with Crippen LogP contribution in [0.5, 0.6) is 5.75 Å². The number of hydrogen-bond acceptors (Lipinski definition) is 5. The maximum atomic E-state index is 15.9. The lowest BCUT2D eigenvalue weighted by Gasteiger charge is -2.22. The Morgan fingerprint density at radius 1 is 1.02 bits per heavy atom. The van der Waals surface area contributed by atoms with Gasteiger partial charge in [-0.3, -0.25) is 18.5 Å². The lowest BCUT2D eigenvalue weighted by molar-refractivity contribution is -0.118. The predicted octanol–water partition coefficient (Wildman–Crippen LogP) is 5.47. The van der Waals surface area contributed by atoms with Crippen molar-refractivity contribution in [1.29, 1.82) is 0 Å². The molecule has 6 rings (SSSR count). The van der Waals surface area contributed by atoms with Gasteiger partial charge in [0, 0.05) is 37.2 Å². The summed E-state index contributed by atoms with van der Waals surface area (Å²) in [5.74, 6) is 0.622. The van der Waals surface area contributed by atoms with Gasteiger partial charge in [0.15, 0.2) is 6.61 Å². The molecule has 5 aromatic rings. The average Bonchev–Trinajstić information content (AvgIpc) is 3.38. The van der Waals surface area contributed by atoms with Crippen LogP contribution in [0, 0.1) is 5.82 Å². The van der Waals surface area contributed by atoms with Gasteiger partial charge in [-0.25, -0.2) is 14.2 Å². The van der Waals surface area contributed by atoms with E-state index in [4.69, 9.17) is 9.72 Å². The maximum Gasteiger partial charge on any atom is 0.328 e. The fraction of sp³-hybridized carbons (Fsp3) is 0.323. The zero-order valence-corrected chi connectivity index (χ0v) is 24.2. The van der Waals surface area contributed by atoms with Crippen LogP contribution in [0.3, 0.4) is 0 Å². The minimum absolute atomic E-state index is 0.0810. The first-order chi connectivity index (χ1) is 19.3. The molecule has 10 heteroatoms. The van der Waals surface area contributed by atoms with Gasteiger partial charge in [0.2, 0.25) is 0 Å². The first-order valence-corrected chi connectivity index (χ1v) is 13.6. The Kier molecular flexibility index (Phi) is 5.99. The Labute approximate surface area is 236 Å². The topological polar surface area (TPSA) is 95.1 Å². The maximum absolute atomic E-state index is 15.9. The third-order valence-corrected chi connectivity index (χ3v) is 7.39. The summed E-state index contributed by atoms with van der Waals surface area (Å²) in [7, 11) is 3.52. The van der Waals surface area contributed by atoms with Gasteiger partial charge >= 0.3 is 5.69 Å². The van der Waals surface area contributed by atoms with Crippen LogP contribution in [0.4, 0.5) is 15.8 Å². The number of halogens is 1. The smallest absolute Gasteiger partial charge is 0.328 e. The van der Waals surface area contributed by atoms with Gasteiger partial charge in [-0.2, -0.15) is 0 Å². The number of ether oxygens (including phenoxy) is 1. The fourth-order valence-corrected chi connectivity index (χ4v) is 5.51. The van der Waals surface area contributed by atoms with Crippen molar-refractivity contribution >= 4 is 39.3 Å². The highest BCUT2D eigenvalue weighted by molar-refractivity contribution is 5.96. The van der Waals surface area contributed by atoms with Crippen LogP contribution < -0.4 is 21.1 Å². The molecule has 1 aliphatic heterocycles. The molecule has 41 heavy (non-hydrogen) atoms. The number of aryl methyl sites for hydroxylation is 2. The van der Waals surface area contributed by atoms with Gasteiger partial charge in [-0.15, -0.1) is 0 Å². The number of fused-ring (bicyclic) bond motifs is 3. The molecule has 0 spiro atoms. The monoisotopic (exact) mass is 556 g/mol. The van der Waals surface area contributed by atoms with E-state index >= 15 is 4.39 Å². The summed E-state index contributed by atoms with van der Waals surface area (Å²) in [6, 6.07) is 12.6. The number of carbonyl (C=O) groups excluding carboxylic acids is 1. The number of aromatic nitrogens is 4. The highest BCUT2D eigenvalue weighted by atomic mass is 19.1. The lowest BCUT2D eigenvalue weighted by Crippen LogP contribution is -2.25. The molecule has 9 nitrogen and oxygen atoms in total. The van der Waals surface area contributed by atoms with Crippen LogP contribution in [0.25, 0.3) is 38.9 Å². The Hall–Kier alpha value is -4.60. The van der Waals surface area contributed by atoms with Crippen molar-refractivity contribution in [2.24, 2.45) is 14.1 Å². The van der Waals surface area contributed by atoms with Crippen molar-refractivity contribution in [3.8, 4) is 22.6 Å². The van der Waals surface area contributed by atoms with Crippen molar-refractivity contribution < 1.29 is 13.9 Å². The number of nitrogens with zero attached hydrogens (tertiary/aromatic N) is 4. The first-order valence-electron chi connectivity index (χ1n) is 13.6. The fourth-order valence-electron chi connectivity index (χ4n) is 5.51. The molecule has 2 N–H and O–H groups in total. The van der Waals surface area contributed by atoms with Gasteiger partial charge in [0.05, 0.1) is 39.1 Å². The van der Waals surface area contributed by atoms with Crippen molar-refractivity contribution in [3.63, 3.8) is 0 Å². The number of anilines is 2. The van der Waals surface area contributed by atoms with Crippen LogP contribution in [-0.4, -0.2) is 37.2 Å². The van der Waals surface area contributed by atoms with Crippen molar-refractivity contribution in [1.82, 2.24) is 18.7 Å². The molecule has 212 valence electrons. The van der Waals surface area contributed by atoms with Gasteiger partial charge < -0.3 is 15.4 Å². The van der Waals surface area contributed by atoms with Crippen LogP contribution >= 0.6 is 0 Å². The number of rotatable bonds is 4. The van der Waals surface area contributed by atoms with E-state index in [-0.39, 0.29) is 29.7 Å². The molecule has 0 bridgehead atoms. The molecule has 0 radical (unpaired) electrons. The standard InChI is InChI=1S/C31H33FN6O3/c1-16(2)33-23-11-18(12-25-28(23)37(7)30(40)36(25)6)38-24-14-20(32)19(13-22(24)35-29(38)31(3,4)5)17-8-9-21-26(10-17)41-15-27(39)34-21/h8-14,16,33H,15H2,1-7H3,(H,34,39). The molecule has 1 amide bonds. The Bertz CT molecular complexity index is 1940. The van der Waals surface area contributed by atoms with E-state index in [9.17, 15) is 9.59 Å². The van der Waals surface area contributed by atoms with Crippen molar-refractivity contribution in [3.05, 3.63) is 64.6 Å². The lowest BCUT2D eigenvalue weighted by atomic mass is 9.95. The first kappa shape index (κ1) is 26.6. The van der Waals surface area contributed by atoms with Gasteiger partial charge in [-0.05, 0) is 49.7 Å². The minimum atomic E-state index is -0.410. The molecule has 0 saturated heterocycles. The number of imidazole rings is 2. The van der Waals surface area contributed by atoms with E-state index in [0.29, 0.717) is 33.6 Å². The highest BCUT2D eigenvalue weighted by Gasteiger charge is 2.27. The van der Waals surface area contributed by atoms with Crippen LogP contribution in [0.15, 0.2) is 47.3 Å². The second-order valence-corrected chi connectivity index (χ2v) is 12.0. The quantitative estimate of drug-likeness (QED) is 0.306. The zero-order valence-electron chi connectivity index (χ0n) is 24.2. The zero-order chi connectivity index (χ0) is 29.4. The SMILES string of the molecule is CC(C)Nc1cc(-n2c(C(C)(C)C)nc3cc(-c4ccc5c(c4)OCC(=O)N5)c(F)cc32)cc2c1n(C)c(=O)n2C. The summed E-state index contributed by atoms with van der Waals surface area (Å²) >= 11 is 0. The Balaban J connectivity index is 1.59. The minimum Gasteiger partial charge on any atom is -0.482 e. The third kappa shape index (κ3) is 4.34. The molecule has 0 atom stereocenters. The van der Waals surface area contributed by atoms with E-state index in [1.807, 2.05) is 30.5 Å². The number of benzene rings is 3. The number of amides is 1. The van der Waals surface area contributed by atoms with Gasteiger partial charge in [-0.1, -0.05) is 26.8 Å². The van der Waals surface area contributed by atoms with E-state index in [1.165, 1.54) is 6.07 Å². The summed E-state index contributed by atoms with van der Waals surface area (Å²) in [6.07, 6.45) is 0. The van der Waals surface area contributed by atoms with E-state index < -0.39 is 5.82 Å². The van der Waals surface area contributed by atoms with Crippen molar-refractivity contribution in [2.75, 3.05) is 17.2 Å². The Morgan fingerprint density at radius 3 is 2.49 bits per heavy atom. The number of carbonyl (C=O) groups is 1. The second-order valence-electron chi connectivity index (χ2n) is 12.0. The van der Waals surface area contributed by atoms with E-state index in [0.717, 1.165) is 28.2 Å². The summed E-state index contributed by atoms with van der Waals surface area (Å²) in [5, 5.41) is 6.25. The van der Waals surface area contributed by atoms with E-state index in [1.54, 1.807) is 47.5 Å². The Morgan fingerprint density at radius 2 is 1.78 bits per heavy atom. The predicted molar refractivity (Wildman–Crippen MR) is 160 cm³/mol. The number of nitrogens with one attached hydrogen (secondary N) is 2. The molecule has 1 aliphatic rings. The normalized spacial score (nSPS) is 13.5.